The van der Waals surface area contributed by atoms with E-state index in [1.165, 1.54) is 7.11 Å². The van der Waals surface area contributed by atoms with Crippen LogP contribution in [0.5, 0.6) is 5.75 Å². The molecular weight excluding hydrogens is 260 g/mol. The van der Waals surface area contributed by atoms with E-state index in [9.17, 15) is 10.1 Å². The van der Waals surface area contributed by atoms with E-state index in [0.717, 1.165) is 24.8 Å². The number of nitro groups is 1. The molecule has 20 heavy (non-hydrogen) atoms. The number of nitrogens with one attached hydrogen (secondary N) is 1. The van der Waals surface area contributed by atoms with Crippen molar-refractivity contribution >= 4 is 5.69 Å². The molecule has 2 unspecified atom stereocenters. The summed E-state index contributed by atoms with van der Waals surface area (Å²) in [6.07, 6.45) is 3.54. The predicted octanol–water partition coefficient (Wildman–Crippen LogP) is 2.26. The molecule has 1 aliphatic rings. The molecule has 0 aromatic heterocycles. The Morgan fingerprint density at radius 3 is 2.85 bits per heavy atom. The van der Waals surface area contributed by atoms with Crippen molar-refractivity contribution in [1.29, 1.82) is 0 Å². The normalized spacial score (nSPS) is 21.9. The molecule has 1 N–H and O–H groups in total. The topological polar surface area (TPSA) is 73.6 Å². The van der Waals surface area contributed by atoms with Gasteiger partial charge in [0, 0.05) is 25.8 Å². The molecular formula is C14H20N2O4. The highest BCUT2D eigenvalue weighted by atomic mass is 16.6. The van der Waals surface area contributed by atoms with Crippen molar-refractivity contribution in [1.82, 2.24) is 5.32 Å². The smallest absolute Gasteiger partial charge is 0.311 e. The van der Waals surface area contributed by atoms with Crippen molar-refractivity contribution in [3.05, 3.63) is 33.9 Å². The molecule has 2 atom stereocenters. The predicted molar refractivity (Wildman–Crippen MR) is 74.9 cm³/mol. The summed E-state index contributed by atoms with van der Waals surface area (Å²) in [5, 5.41) is 14.4. The zero-order valence-electron chi connectivity index (χ0n) is 11.8. The SMILES string of the molecule is COc1ccc(CNC2CCCC2OC)cc1[N+](=O)[O-]. The quantitative estimate of drug-likeness (QED) is 0.639. The molecule has 0 radical (unpaired) electrons. The third-order valence-corrected chi connectivity index (χ3v) is 3.76. The number of ether oxygens (including phenoxy) is 2. The van der Waals surface area contributed by atoms with Crippen LogP contribution < -0.4 is 10.1 Å². The van der Waals surface area contributed by atoms with Crippen molar-refractivity contribution in [2.75, 3.05) is 14.2 Å². The number of rotatable bonds is 6. The van der Waals surface area contributed by atoms with Gasteiger partial charge in [-0.1, -0.05) is 6.07 Å². The van der Waals surface area contributed by atoms with E-state index in [0.29, 0.717) is 12.6 Å². The zero-order valence-corrected chi connectivity index (χ0v) is 11.8. The minimum Gasteiger partial charge on any atom is -0.490 e. The number of nitrogens with zero attached hydrogens (tertiary/aromatic N) is 1. The Bertz CT molecular complexity index is 478. The van der Waals surface area contributed by atoms with Crippen molar-refractivity contribution < 1.29 is 14.4 Å². The van der Waals surface area contributed by atoms with Crippen molar-refractivity contribution in [3.63, 3.8) is 0 Å². The highest BCUT2D eigenvalue weighted by molar-refractivity contribution is 5.48. The third kappa shape index (κ3) is 3.26. The van der Waals surface area contributed by atoms with Crippen LogP contribution in [0.25, 0.3) is 0 Å². The van der Waals surface area contributed by atoms with Crippen LogP contribution in [-0.4, -0.2) is 31.3 Å². The first-order chi connectivity index (χ1) is 9.65. The third-order valence-electron chi connectivity index (χ3n) is 3.76. The van der Waals surface area contributed by atoms with Gasteiger partial charge in [-0.25, -0.2) is 0 Å². The summed E-state index contributed by atoms with van der Waals surface area (Å²) >= 11 is 0. The Morgan fingerprint density at radius 2 is 2.20 bits per heavy atom. The summed E-state index contributed by atoms with van der Waals surface area (Å²) in [6, 6.07) is 5.36. The second-order valence-electron chi connectivity index (χ2n) is 4.96. The Morgan fingerprint density at radius 1 is 1.40 bits per heavy atom. The van der Waals surface area contributed by atoms with Gasteiger partial charge in [-0.2, -0.15) is 0 Å². The van der Waals surface area contributed by atoms with Crippen LogP contribution in [0.3, 0.4) is 0 Å². The molecule has 0 heterocycles. The standard InChI is InChI=1S/C14H20N2O4/c1-19-13-5-3-4-11(13)15-9-10-6-7-14(20-2)12(8-10)16(17)18/h6-8,11,13,15H,3-5,9H2,1-2H3. The Balaban J connectivity index is 2.03. The fourth-order valence-electron chi connectivity index (χ4n) is 2.68. The molecule has 1 aromatic carbocycles. The molecule has 1 saturated carbocycles. The molecule has 110 valence electrons. The Labute approximate surface area is 118 Å². The van der Waals surface area contributed by atoms with E-state index in [-0.39, 0.29) is 17.5 Å². The monoisotopic (exact) mass is 280 g/mol. The number of hydrogen-bond acceptors (Lipinski definition) is 5. The summed E-state index contributed by atoms with van der Waals surface area (Å²) in [6.45, 7) is 0.593. The van der Waals surface area contributed by atoms with Gasteiger partial charge in [0.25, 0.3) is 0 Å². The summed E-state index contributed by atoms with van der Waals surface area (Å²) in [7, 11) is 3.16. The van der Waals surface area contributed by atoms with E-state index in [1.807, 2.05) is 6.07 Å². The molecule has 0 bridgehead atoms. The average molecular weight is 280 g/mol. The Hall–Kier alpha value is -1.66. The number of hydrogen-bond donors (Lipinski definition) is 1. The van der Waals surface area contributed by atoms with Gasteiger partial charge in [-0.15, -0.1) is 0 Å². The summed E-state index contributed by atoms with van der Waals surface area (Å²) in [5.74, 6) is 0.286. The number of nitro benzene ring substituents is 1. The molecule has 0 saturated heterocycles. The van der Waals surface area contributed by atoms with Gasteiger partial charge in [0.05, 0.1) is 18.1 Å². The first-order valence-corrected chi connectivity index (χ1v) is 6.73. The second kappa shape index (κ2) is 6.67. The van der Waals surface area contributed by atoms with Crippen LogP contribution in [0.4, 0.5) is 5.69 Å². The van der Waals surface area contributed by atoms with Gasteiger partial charge < -0.3 is 14.8 Å². The lowest BCUT2D eigenvalue weighted by Gasteiger charge is -2.19. The minimum atomic E-state index is -0.421. The fourth-order valence-corrected chi connectivity index (χ4v) is 2.68. The Kier molecular flexibility index (Phi) is 4.92. The average Bonchev–Trinajstić information content (AvgIpc) is 2.92. The van der Waals surface area contributed by atoms with Gasteiger partial charge in [-0.3, -0.25) is 10.1 Å². The maximum absolute atomic E-state index is 11.0. The summed E-state index contributed by atoms with van der Waals surface area (Å²) < 4.78 is 10.4. The van der Waals surface area contributed by atoms with E-state index < -0.39 is 4.92 Å². The summed E-state index contributed by atoms with van der Waals surface area (Å²) in [5.41, 5.74) is 0.876. The van der Waals surface area contributed by atoms with Gasteiger partial charge in [-0.05, 0) is 30.9 Å². The lowest BCUT2D eigenvalue weighted by atomic mass is 10.1. The lowest BCUT2D eigenvalue weighted by Crippen LogP contribution is -2.36. The number of methoxy groups -OCH3 is 2. The zero-order chi connectivity index (χ0) is 14.5. The molecule has 1 fully saturated rings. The maximum Gasteiger partial charge on any atom is 0.311 e. The molecule has 6 nitrogen and oxygen atoms in total. The van der Waals surface area contributed by atoms with Crippen molar-refractivity contribution in [2.45, 2.75) is 38.0 Å². The molecule has 2 rings (SSSR count). The maximum atomic E-state index is 11.0. The van der Waals surface area contributed by atoms with Crippen LogP contribution >= 0.6 is 0 Å². The molecule has 0 spiro atoms. The second-order valence-corrected chi connectivity index (χ2v) is 4.96. The first kappa shape index (κ1) is 14.7. The first-order valence-electron chi connectivity index (χ1n) is 6.73. The number of benzene rings is 1. The molecule has 0 aliphatic heterocycles. The largest absolute Gasteiger partial charge is 0.490 e. The lowest BCUT2D eigenvalue weighted by molar-refractivity contribution is -0.385. The highest BCUT2D eigenvalue weighted by Gasteiger charge is 2.26. The minimum absolute atomic E-state index is 0.00140. The van der Waals surface area contributed by atoms with E-state index in [1.54, 1.807) is 19.2 Å². The van der Waals surface area contributed by atoms with Crippen LogP contribution in [0.2, 0.25) is 0 Å². The molecule has 0 amide bonds. The van der Waals surface area contributed by atoms with Gasteiger partial charge in [0.15, 0.2) is 5.75 Å². The van der Waals surface area contributed by atoms with Gasteiger partial charge in [0.1, 0.15) is 0 Å². The van der Waals surface area contributed by atoms with E-state index in [2.05, 4.69) is 5.32 Å². The van der Waals surface area contributed by atoms with Gasteiger partial charge >= 0.3 is 5.69 Å². The van der Waals surface area contributed by atoms with Crippen LogP contribution in [-0.2, 0) is 11.3 Å². The molecule has 1 aromatic rings. The van der Waals surface area contributed by atoms with E-state index in [4.69, 9.17) is 9.47 Å². The van der Waals surface area contributed by atoms with Crippen molar-refractivity contribution in [2.24, 2.45) is 0 Å². The van der Waals surface area contributed by atoms with E-state index >= 15 is 0 Å². The highest BCUT2D eigenvalue weighted by Crippen LogP contribution is 2.28. The van der Waals surface area contributed by atoms with Crippen molar-refractivity contribution in [3.8, 4) is 5.75 Å². The molecule has 1 aliphatic carbocycles. The van der Waals surface area contributed by atoms with Gasteiger partial charge in [0.2, 0.25) is 0 Å². The molecule has 6 heteroatoms. The van der Waals surface area contributed by atoms with Crippen LogP contribution in [0.1, 0.15) is 24.8 Å². The fraction of sp³-hybridized carbons (Fsp3) is 0.571. The van der Waals surface area contributed by atoms with Crippen LogP contribution in [0, 0.1) is 10.1 Å². The summed E-state index contributed by atoms with van der Waals surface area (Å²) in [4.78, 5) is 10.6. The van der Waals surface area contributed by atoms with Crippen LogP contribution in [0.15, 0.2) is 18.2 Å².